The lowest BCUT2D eigenvalue weighted by Gasteiger charge is -2.15. The SMILES string of the molecule is COc1ccc(CCN=C2NN=C(c3cccc([N+](=O)[O-])c3)CS2)cc1OC. The number of non-ortho nitro benzene ring substituents is 1. The fourth-order valence-electron chi connectivity index (χ4n) is 2.67. The molecule has 8 nitrogen and oxygen atoms in total. The highest BCUT2D eigenvalue weighted by Crippen LogP contribution is 2.27. The van der Waals surface area contributed by atoms with Gasteiger partial charge in [0.2, 0.25) is 0 Å². The molecule has 1 aliphatic rings. The quantitative estimate of drug-likeness (QED) is 0.566. The van der Waals surface area contributed by atoms with Crippen LogP contribution in [-0.2, 0) is 6.42 Å². The van der Waals surface area contributed by atoms with Crippen LogP contribution in [0.4, 0.5) is 5.69 Å². The molecule has 0 saturated carbocycles. The number of hydrogen-bond donors (Lipinski definition) is 1. The summed E-state index contributed by atoms with van der Waals surface area (Å²) in [6.07, 6.45) is 0.757. The van der Waals surface area contributed by atoms with Crippen LogP contribution >= 0.6 is 11.8 Å². The van der Waals surface area contributed by atoms with Gasteiger partial charge in [-0.1, -0.05) is 30.0 Å². The Kier molecular flexibility index (Phi) is 6.49. The smallest absolute Gasteiger partial charge is 0.270 e. The van der Waals surface area contributed by atoms with E-state index in [0.29, 0.717) is 23.8 Å². The number of benzene rings is 2. The topological polar surface area (TPSA) is 98.4 Å². The largest absolute Gasteiger partial charge is 0.493 e. The highest BCUT2D eigenvalue weighted by atomic mass is 32.2. The third-order valence-corrected chi connectivity index (χ3v) is 5.04. The Morgan fingerprint density at radius 1 is 1.21 bits per heavy atom. The fourth-order valence-corrected chi connectivity index (χ4v) is 3.46. The Morgan fingerprint density at radius 2 is 2.04 bits per heavy atom. The Morgan fingerprint density at radius 3 is 2.71 bits per heavy atom. The first-order valence-corrected chi connectivity index (χ1v) is 9.55. The summed E-state index contributed by atoms with van der Waals surface area (Å²) < 4.78 is 10.6. The highest BCUT2D eigenvalue weighted by molar-refractivity contribution is 8.14. The standard InChI is InChI=1S/C19H20N4O4S/c1-26-17-7-6-13(10-18(17)27-2)8-9-20-19-22-21-16(12-28-19)14-4-3-5-15(11-14)23(24)25/h3-7,10-11H,8-9,12H2,1-2H3,(H,20,22). The van der Waals surface area contributed by atoms with Crippen LogP contribution in [0.3, 0.4) is 0 Å². The maximum atomic E-state index is 10.9. The van der Waals surface area contributed by atoms with Crippen LogP contribution in [0.5, 0.6) is 11.5 Å². The normalized spacial score (nSPS) is 14.9. The molecule has 0 fully saturated rings. The average molecular weight is 400 g/mol. The van der Waals surface area contributed by atoms with Gasteiger partial charge < -0.3 is 9.47 Å². The van der Waals surface area contributed by atoms with Gasteiger partial charge in [0.15, 0.2) is 16.7 Å². The number of aliphatic imine (C=N–C) groups is 1. The zero-order valence-electron chi connectivity index (χ0n) is 15.5. The molecule has 0 spiro atoms. The van der Waals surface area contributed by atoms with Gasteiger partial charge in [0, 0.05) is 30.0 Å². The molecule has 0 unspecified atom stereocenters. The monoisotopic (exact) mass is 400 g/mol. The molecule has 2 aromatic rings. The van der Waals surface area contributed by atoms with E-state index in [1.54, 1.807) is 20.3 Å². The predicted octanol–water partition coefficient (Wildman–Crippen LogP) is 3.25. The molecular weight excluding hydrogens is 380 g/mol. The van der Waals surface area contributed by atoms with Crippen LogP contribution in [-0.4, -0.2) is 42.3 Å². The van der Waals surface area contributed by atoms with Gasteiger partial charge in [-0.2, -0.15) is 5.10 Å². The number of ether oxygens (including phenoxy) is 2. The van der Waals surface area contributed by atoms with Crippen molar-refractivity contribution in [2.75, 3.05) is 26.5 Å². The van der Waals surface area contributed by atoms with Crippen LogP contribution in [0.15, 0.2) is 52.6 Å². The summed E-state index contributed by atoms with van der Waals surface area (Å²) in [4.78, 5) is 15.0. The number of nitro groups is 1. The second kappa shape index (κ2) is 9.23. The summed E-state index contributed by atoms with van der Waals surface area (Å²) in [6.45, 7) is 0.604. The van der Waals surface area contributed by atoms with Crippen molar-refractivity contribution < 1.29 is 14.4 Å². The molecule has 0 amide bonds. The second-order valence-corrected chi connectivity index (χ2v) is 6.86. The Bertz CT molecular complexity index is 930. The third kappa shape index (κ3) is 4.80. The van der Waals surface area contributed by atoms with Crippen molar-refractivity contribution in [2.45, 2.75) is 6.42 Å². The number of nitro benzene ring substituents is 1. The zero-order chi connectivity index (χ0) is 19.9. The fraction of sp³-hybridized carbons (Fsp3) is 0.263. The summed E-state index contributed by atoms with van der Waals surface area (Å²) in [6, 6.07) is 12.3. The Labute approximate surface area is 166 Å². The van der Waals surface area contributed by atoms with E-state index in [1.807, 2.05) is 24.3 Å². The van der Waals surface area contributed by atoms with E-state index in [0.717, 1.165) is 28.4 Å². The van der Waals surface area contributed by atoms with Crippen molar-refractivity contribution >= 4 is 28.3 Å². The van der Waals surface area contributed by atoms with Crippen molar-refractivity contribution in [3.63, 3.8) is 0 Å². The van der Waals surface area contributed by atoms with E-state index in [1.165, 1.54) is 23.9 Å². The van der Waals surface area contributed by atoms with Crippen LogP contribution < -0.4 is 14.9 Å². The summed E-state index contributed by atoms with van der Waals surface area (Å²) in [5.41, 5.74) is 5.58. The lowest BCUT2D eigenvalue weighted by molar-refractivity contribution is -0.384. The first kappa shape index (κ1) is 19.7. The van der Waals surface area contributed by atoms with E-state index >= 15 is 0 Å². The van der Waals surface area contributed by atoms with Gasteiger partial charge in [-0.05, 0) is 24.1 Å². The average Bonchev–Trinajstić information content (AvgIpc) is 2.74. The number of hydrazone groups is 1. The molecule has 2 aromatic carbocycles. The van der Waals surface area contributed by atoms with E-state index in [-0.39, 0.29) is 5.69 Å². The molecular formula is C19H20N4O4S. The minimum Gasteiger partial charge on any atom is -0.493 e. The Balaban J connectivity index is 1.59. The van der Waals surface area contributed by atoms with Crippen LogP contribution in [0.2, 0.25) is 0 Å². The molecule has 1 heterocycles. The maximum absolute atomic E-state index is 10.9. The number of nitrogens with zero attached hydrogens (tertiary/aromatic N) is 3. The van der Waals surface area contributed by atoms with Crippen molar-refractivity contribution in [1.82, 2.24) is 5.43 Å². The number of amidine groups is 1. The summed E-state index contributed by atoms with van der Waals surface area (Å²) in [5.74, 6) is 2.00. The van der Waals surface area contributed by atoms with Crippen molar-refractivity contribution in [3.05, 3.63) is 63.7 Å². The highest BCUT2D eigenvalue weighted by Gasteiger charge is 2.15. The predicted molar refractivity (Wildman–Crippen MR) is 111 cm³/mol. The van der Waals surface area contributed by atoms with E-state index in [2.05, 4.69) is 15.5 Å². The molecule has 0 atom stereocenters. The molecule has 1 aliphatic heterocycles. The lowest BCUT2D eigenvalue weighted by atomic mass is 10.1. The maximum Gasteiger partial charge on any atom is 0.270 e. The van der Waals surface area contributed by atoms with Gasteiger partial charge in [-0.25, -0.2) is 0 Å². The van der Waals surface area contributed by atoms with Crippen molar-refractivity contribution in [1.29, 1.82) is 0 Å². The first-order chi connectivity index (χ1) is 13.6. The number of methoxy groups -OCH3 is 2. The van der Waals surface area contributed by atoms with E-state index < -0.39 is 4.92 Å². The van der Waals surface area contributed by atoms with Gasteiger partial charge in [-0.3, -0.25) is 20.5 Å². The number of thioether (sulfide) groups is 1. The summed E-state index contributed by atoms with van der Waals surface area (Å²) in [5, 5.41) is 16.0. The molecule has 0 radical (unpaired) electrons. The molecule has 3 rings (SSSR count). The van der Waals surface area contributed by atoms with Gasteiger partial charge >= 0.3 is 0 Å². The van der Waals surface area contributed by atoms with Gasteiger partial charge in [0.05, 0.1) is 24.9 Å². The van der Waals surface area contributed by atoms with Gasteiger partial charge in [0.25, 0.3) is 5.69 Å². The van der Waals surface area contributed by atoms with Gasteiger partial charge in [-0.15, -0.1) is 0 Å². The van der Waals surface area contributed by atoms with E-state index in [4.69, 9.17) is 9.47 Å². The molecule has 0 bridgehead atoms. The zero-order valence-corrected chi connectivity index (χ0v) is 16.4. The first-order valence-electron chi connectivity index (χ1n) is 8.56. The molecule has 0 saturated heterocycles. The number of hydrogen-bond acceptors (Lipinski definition) is 7. The minimum absolute atomic E-state index is 0.0552. The molecule has 9 heteroatoms. The van der Waals surface area contributed by atoms with Gasteiger partial charge in [0.1, 0.15) is 0 Å². The minimum atomic E-state index is -0.408. The second-order valence-electron chi connectivity index (χ2n) is 5.89. The summed E-state index contributed by atoms with van der Waals surface area (Å²) in [7, 11) is 3.22. The van der Waals surface area contributed by atoms with Crippen LogP contribution in [0.1, 0.15) is 11.1 Å². The third-order valence-electron chi connectivity index (χ3n) is 4.13. The molecule has 0 aromatic heterocycles. The number of nitrogens with one attached hydrogen (secondary N) is 1. The number of rotatable bonds is 7. The molecule has 28 heavy (non-hydrogen) atoms. The van der Waals surface area contributed by atoms with E-state index in [9.17, 15) is 10.1 Å². The summed E-state index contributed by atoms with van der Waals surface area (Å²) >= 11 is 1.52. The van der Waals surface area contributed by atoms with Crippen molar-refractivity contribution in [2.24, 2.45) is 10.1 Å². The van der Waals surface area contributed by atoms with Crippen LogP contribution in [0, 0.1) is 10.1 Å². The van der Waals surface area contributed by atoms with Crippen molar-refractivity contribution in [3.8, 4) is 11.5 Å². The van der Waals surface area contributed by atoms with Crippen LogP contribution in [0.25, 0.3) is 0 Å². The molecule has 146 valence electrons. The molecule has 0 aliphatic carbocycles. The lowest BCUT2D eigenvalue weighted by Crippen LogP contribution is -2.25. The Hall–Kier alpha value is -3.07. The molecule has 1 N–H and O–H groups in total.